The summed E-state index contributed by atoms with van der Waals surface area (Å²) >= 11 is 4.74. The predicted octanol–water partition coefficient (Wildman–Crippen LogP) is 2.52. The van der Waals surface area contributed by atoms with Gasteiger partial charge in [-0.25, -0.2) is 12.8 Å². The first-order chi connectivity index (χ1) is 9.57. The van der Waals surface area contributed by atoms with E-state index in [1.807, 2.05) is 20.8 Å². The number of thiocarbonyl (C=S) groups is 1. The van der Waals surface area contributed by atoms with Gasteiger partial charge in [-0.3, -0.25) is 0 Å². The van der Waals surface area contributed by atoms with Gasteiger partial charge in [-0.2, -0.15) is 4.31 Å². The van der Waals surface area contributed by atoms with E-state index >= 15 is 0 Å². The van der Waals surface area contributed by atoms with E-state index in [0.29, 0.717) is 5.92 Å². The van der Waals surface area contributed by atoms with Crippen molar-refractivity contribution >= 4 is 27.2 Å². The van der Waals surface area contributed by atoms with Gasteiger partial charge >= 0.3 is 0 Å². The Morgan fingerprint density at radius 1 is 1.38 bits per heavy atom. The van der Waals surface area contributed by atoms with Crippen LogP contribution >= 0.6 is 12.2 Å². The average molecular weight is 332 g/mol. The van der Waals surface area contributed by atoms with Gasteiger partial charge in [-0.1, -0.05) is 26.1 Å². The maximum Gasteiger partial charge on any atom is 0.243 e. The van der Waals surface area contributed by atoms with E-state index in [0.717, 1.165) is 12.5 Å². The number of halogens is 1. The third-order valence-corrected chi connectivity index (χ3v) is 5.50. The number of nitrogens with two attached hydrogens (primary N) is 1. The monoisotopic (exact) mass is 332 g/mol. The Labute approximate surface area is 131 Å². The van der Waals surface area contributed by atoms with Crippen LogP contribution in [0, 0.1) is 11.7 Å². The number of benzene rings is 1. The standard InChI is InChI=1S/C14H21FN2O2S2/c1-9(2)7-10(3)17(4)21(18,19)11-5-6-13(15)12(8-11)14(16)20/h5-6,8-10H,7H2,1-4H3,(H2,16,20). The molecule has 0 aliphatic heterocycles. The van der Waals surface area contributed by atoms with E-state index in [1.165, 1.54) is 23.5 Å². The van der Waals surface area contributed by atoms with Crippen LogP contribution in [0.2, 0.25) is 0 Å². The summed E-state index contributed by atoms with van der Waals surface area (Å²) in [6.45, 7) is 5.90. The zero-order valence-corrected chi connectivity index (χ0v) is 14.3. The van der Waals surface area contributed by atoms with Crippen LogP contribution in [-0.4, -0.2) is 30.8 Å². The van der Waals surface area contributed by atoms with Crippen LogP contribution in [0.5, 0.6) is 0 Å². The van der Waals surface area contributed by atoms with E-state index in [1.54, 1.807) is 0 Å². The Hall–Kier alpha value is -1.05. The van der Waals surface area contributed by atoms with Crippen molar-refractivity contribution in [2.75, 3.05) is 7.05 Å². The van der Waals surface area contributed by atoms with Crippen molar-refractivity contribution in [3.63, 3.8) is 0 Å². The zero-order valence-electron chi connectivity index (χ0n) is 12.6. The molecule has 7 heteroatoms. The highest BCUT2D eigenvalue weighted by Crippen LogP contribution is 2.22. The Kier molecular flexibility index (Phi) is 5.83. The summed E-state index contributed by atoms with van der Waals surface area (Å²) in [5.41, 5.74) is 5.35. The largest absolute Gasteiger partial charge is 0.389 e. The molecule has 0 aromatic heterocycles. The van der Waals surface area contributed by atoms with E-state index < -0.39 is 15.8 Å². The second-order valence-electron chi connectivity index (χ2n) is 5.51. The van der Waals surface area contributed by atoms with Crippen LogP contribution in [0.25, 0.3) is 0 Å². The lowest BCUT2D eigenvalue weighted by molar-refractivity contribution is 0.338. The molecule has 0 radical (unpaired) electrons. The molecule has 0 aliphatic carbocycles. The molecule has 0 heterocycles. The third kappa shape index (κ3) is 4.21. The number of hydrogen-bond donors (Lipinski definition) is 1. The molecule has 1 unspecified atom stereocenters. The van der Waals surface area contributed by atoms with Gasteiger partial charge in [0, 0.05) is 18.7 Å². The number of rotatable bonds is 6. The van der Waals surface area contributed by atoms with Crippen molar-refractivity contribution in [3.8, 4) is 0 Å². The van der Waals surface area contributed by atoms with E-state index in [9.17, 15) is 12.8 Å². The van der Waals surface area contributed by atoms with E-state index in [2.05, 4.69) is 0 Å². The van der Waals surface area contributed by atoms with Crippen LogP contribution in [-0.2, 0) is 10.0 Å². The number of hydrogen-bond acceptors (Lipinski definition) is 3. The summed E-state index contributed by atoms with van der Waals surface area (Å²) in [4.78, 5) is -0.174. The first-order valence-electron chi connectivity index (χ1n) is 6.64. The molecule has 0 saturated carbocycles. The molecule has 118 valence electrons. The summed E-state index contributed by atoms with van der Waals surface area (Å²) < 4.78 is 40.0. The van der Waals surface area contributed by atoms with Gasteiger partial charge in [-0.05, 0) is 37.5 Å². The molecule has 4 nitrogen and oxygen atoms in total. The van der Waals surface area contributed by atoms with Crippen molar-refractivity contribution in [1.29, 1.82) is 0 Å². The van der Waals surface area contributed by atoms with Gasteiger partial charge in [0.15, 0.2) is 0 Å². The van der Waals surface area contributed by atoms with Gasteiger partial charge < -0.3 is 5.73 Å². The Balaban J connectivity index is 3.19. The summed E-state index contributed by atoms with van der Waals surface area (Å²) in [7, 11) is -2.19. The van der Waals surface area contributed by atoms with Crippen molar-refractivity contribution in [3.05, 3.63) is 29.6 Å². The van der Waals surface area contributed by atoms with Crippen LogP contribution < -0.4 is 5.73 Å². The molecule has 1 rings (SSSR count). The molecular formula is C14H21FN2O2S2. The van der Waals surface area contributed by atoms with Crippen LogP contribution in [0.4, 0.5) is 4.39 Å². The van der Waals surface area contributed by atoms with Crippen LogP contribution in [0.3, 0.4) is 0 Å². The molecule has 0 fully saturated rings. The highest BCUT2D eigenvalue weighted by atomic mass is 32.2. The van der Waals surface area contributed by atoms with Crippen molar-refractivity contribution in [1.82, 2.24) is 4.31 Å². The van der Waals surface area contributed by atoms with Crippen molar-refractivity contribution in [2.45, 2.75) is 38.1 Å². The Morgan fingerprint density at radius 2 is 1.95 bits per heavy atom. The van der Waals surface area contributed by atoms with Gasteiger partial charge in [-0.15, -0.1) is 0 Å². The van der Waals surface area contributed by atoms with Crippen molar-refractivity contribution in [2.24, 2.45) is 11.7 Å². The van der Waals surface area contributed by atoms with E-state index in [-0.39, 0.29) is 21.5 Å². The Bertz CT molecular complexity index is 630. The third-order valence-electron chi connectivity index (χ3n) is 3.31. The van der Waals surface area contributed by atoms with Crippen LogP contribution in [0.15, 0.2) is 23.1 Å². The molecule has 2 N–H and O–H groups in total. The van der Waals surface area contributed by atoms with Gasteiger partial charge in [0.2, 0.25) is 10.0 Å². The summed E-state index contributed by atoms with van der Waals surface area (Å²) in [5.74, 6) is -0.252. The summed E-state index contributed by atoms with van der Waals surface area (Å²) in [6.07, 6.45) is 0.735. The minimum Gasteiger partial charge on any atom is -0.389 e. The fourth-order valence-electron chi connectivity index (χ4n) is 2.09. The lowest BCUT2D eigenvalue weighted by Crippen LogP contribution is -2.36. The zero-order chi connectivity index (χ0) is 16.4. The highest BCUT2D eigenvalue weighted by Gasteiger charge is 2.26. The van der Waals surface area contributed by atoms with Crippen molar-refractivity contribution < 1.29 is 12.8 Å². The highest BCUT2D eigenvalue weighted by molar-refractivity contribution is 7.89. The predicted molar refractivity (Wildman–Crippen MR) is 86.2 cm³/mol. The van der Waals surface area contributed by atoms with Crippen LogP contribution in [0.1, 0.15) is 32.8 Å². The van der Waals surface area contributed by atoms with Gasteiger partial charge in [0.05, 0.1) is 4.90 Å². The molecule has 0 aliphatic rings. The topological polar surface area (TPSA) is 63.4 Å². The van der Waals surface area contributed by atoms with Gasteiger partial charge in [0.25, 0.3) is 0 Å². The van der Waals surface area contributed by atoms with Gasteiger partial charge in [0.1, 0.15) is 10.8 Å². The molecule has 1 aromatic carbocycles. The first-order valence-corrected chi connectivity index (χ1v) is 8.49. The molecule has 21 heavy (non-hydrogen) atoms. The second kappa shape index (κ2) is 6.81. The maximum atomic E-state index is 13.6. The lowest BCUT2D eigenvalue weighted by Gasteiger charge is -2.25. The quantitative estimate of drug-likeness (QED) is 0.813. The molecule has 0 amide bonds. The lowest BCUT2D eigenvalue weighted by atomic mass is 10.1. The smallest absolute Gasteiger partial charge is 0.243 e. The minimum absolute atomic E-state index is 0.00944. The molecule has 0 spiro atoms. The molecule has 0 saturated heterocycles. The second-order valence-corrected chi connectivity index (χ2v) is 7.94. The van der Waals surface area contributed by atoms with E-state index in [4.69, 9.17) is 18.0 Å². The molecule has 1 atom stereocenters. The Morgan fingerprint density at radius 3 is 2.43 bits per heavy atom. The normalized spacial score (nSPS) is 13.7. The fraction of sp³-hybridized carbons (Fsp3) is 0.500. The molecule has 0 bridgehead atoms. The molecule has 1 aromatic rings. The SMILES string of the molecule is CC(C)CC(C)N(C)S(=O)(=O)c1ccc(F)c(C(N)=S)c1. The maximum absolute atomic E-state index is 13.6. The fourth-order valence-corrected chi connectivity index (χ4v) is 3.64. The molecular weight excluding hydrogens is 311 g/mol. The average Bonchev–Trinajstić information content (AvgIpc) is 2.36. The summed E-state index contributed by atoms with van der Waals surface area (Å²) in [6, 6.07) is 3.33. The number of sulfonamides is 1. The summed E-state index contributed by atoms with van der Waals surface area (Å²) in [5, 5.41) is 0. The first kappa shape index (κ1) is 18.0. The minimum atomic E-state index is -3.71. The number of nitrogens with zero attached hydrogens (tertiary/aromatic N) is 1.